The zero-order chi connectivity index (χ0) is 14.5. The lowest BCUT2D eigenvalue weighted by atomic mass is 10.2. The number of ether oxygens (including phenoxy) is 1. The van der Waals surface area contributed by atoms with E-state index in [9.17, 15) is 0 Å². The van der Waals surface area contributed by atoms with E-state index < -0.39 is 0 Å². The molecule has 112 valence electrons. The number of aromatic nitrogens is 1. The molecule has 1 aliphatic rings. The van der Waals surface area contributed by atoms with Gasteiger partial charge in [-0.25, -0.2) is 4.98 Å². The van der Waals surface area contributed by atoms with Crippen LogP contribution < -0.4 is 10.2 Å². The standard InChI is InChI=1S/C14H21Cl2N3O/c1-3-6-17-13-11(15)8-12(16)14(18-13)19(2)9-10-5-4-7-20-10/h8,10H,3-7,9H2,1-2H3,(H,17,18). The molecular formula is C14H21Cl2N3O. The van der Waals surface area contributed by atoms with Crippen molar-refractivity contribution < 1.29 is 4.74 Å². The molecule has 1 unspecified atom stereocenters. The molecule has 1 fully saturated rings. The summed E-state index contributed by atoms with van der Waals surface area (Å²) in [6.45, 7) is 4.58. The Kier molecular flexibility index (Phi) is 5.75. The summed E-state index contributed by atoms with van der Waals surface area (Å²) < 4.78 is 5.65. The molecule has 2 heterocycles. The summed E-state index contributed by atoms with van der Waals surface area (Å²) in [5.74, 6) is 1.43. The number of anilines is 2. The number of hydrogen-bond donors (Lipinski definition) is 1. The molecular weight excluding hydrogens is 297 g/mol. The number of likely N-dealkylation sites (N-methyl/N-ethyl adjacent to an activating group) is 1. The van der Waals surface area contributed by atoms with Gasteiger partial charge in [-0.05, 0) is 25.3 Å². The van der Waals surface area contributed by atoms with Gasteiger partial charge >= 0.3 is 0 Å². The van der Waals surface area contributed by atoms with Crippen LogP contribution in [0.5, 0.6) is 0 Å². The Labute approximate surface area is 130 Å². The lowest BCUT2D eigenvalue weighted by molar-refractivity contribution is 0.116. The number of rotatable bonds is 6. The third kappa shape index (κ3) is 3.90. The van der Waals surface area contributed by atoms with Crippen LogP contribution in [0.25, 0.3) is 0 Å². The van der Waals surface area contributed by atoms with Crippen LogP contribution in [0.15, 0.2) is 6.07 Å². The fraction of sp³-hybridized carbons (Fsp3) is 0.643. The normalized spacial score (nSPS) is 18.3. The topological polar surface area (TPSA) is 37.4 Å². The summed E-state index contributed by atoms with van der Waals surface area (Å²) in [6.07, 6.45) is 3.50. The summed E-state index contributed by atoms with van der Waals surface area (Å²) in [6, 6.07) is 1.75. The largest absolute Gasteiger partial charge is 0.376 e. The molecule has 1 aromatic rings. The van der Waals surface area contributed by atoms with Crippen LogP contribution in [0, 0.1) is 0 Å². The average Bonchev–Trinajstić information content (AvgIpc) is 2.90. The van der Waals surface area contributed by atoms with Gasteiger partial charge in [-0.2, -0.15) is 0 Å². The highest BCUT2D eigenvalue weighted by Gasteiger charge is 2.20. The minimum Gasteiger partial charge on any atom is -0.376 e. The fourth-order valence-electron chi connectivity index (χ4n) is 2.27. The second-order valence-electron chi connectivity index (χ2n) is 5.07. The second-order valence-corrected chi connectivity index (χ2v) is 5.88. The van der Waals surface area contributed by atoms with E-state index in [1.54, 1.807) is 6.07 Å². The summed E-state index contributed by atoms with van der Waals surface area (Å²) in [7, 11) is 1.98. The quantitative estimate of drug-likeness (QED) is 0.865. The first-order valence-corrected chi connectivity index (χ1v) is 7.80. The van der Waals surface area contributed by atoms with Gasteiger partial charge in [-0.15, -0.1) is 0 Å². The van der Waals surface area contributed by atoms with Crippen LogP contribution in [0.1, 0.15) is 26.2 Å². The molecule has 1 aliphatic heterocycles. The number of nitrogens with zero attached hydrogens (tertiary/aromatic N) is 2. The molecule has 1 saturated heterocycles. The van der Waals surface area contributed by atoms with Crippen LogP contribution in [-0.4, -0.2) is 37.8 Å². The van der Waals surface area contributed by atoms with E-state index in [0.29, 0.717) is 15.9 Å². The maximum Gasteiger partial charge on any atom is 0.149 e. The number of hydrogen-bond acceptors (Lipinski definition) is 4. The van der Waals surface area contributed by atoms with Gasteiger partial charge in [0, 0.05) is 26.7 Å². The predicted molar refractivity (Wildman–Crippen MR) is 85.3 cm³/mol. The summed E-state index contributed by atoms with van der Waals surface area (Å²) in [5, 5.41) is 4.34. The minimum absolute atomic E-state index is 0.264. The van der Waals surface area contributed by atoms with Crippen molar-refractivity contribution in [2.24, 2.45) is 0 Å². The van der Waals surface area contributed by atoms with Crippen LogP contribution in [-0.2, 0) is 4.74 Å². The third-order valence-corrected chi connectivity index (χ3v) is 3.88. The molecule has 0 aliphatic carbocycles. The van der Waals surface area contributed by atoms with E-state index in [0.717, 1.165) is 44.8 Å². The van der Waals surface area contributed by atoms with Gasteiger partial charge in [0.25, 0.3) is 0 Å². The smallest absolute Gasteiger partial charge is 0.149 e. The van der Waals surface area contributed by atoms with Crippen molar-refractivity contribution in [2.45, 2.75) is 32.3 Å². The minimum atomic E-state index is 0.264. The fourth-order valence-corrected chi connectivity index (χ4v) is 2.84. The van der Waals surface area contributed by atoms with Crippen molar-refractivity contribution in [1.29, 1.82) is 0 Å². The molecule has 20 heavy (non-hydrogen) atoms. The molecule has 1 aromatic heterocycles. The maximum atomic E-state index is 6.26. The highest BCUT2D eigenvalue weighted by Crippen LogP contribution is 2.31. The zero-order valence-electron chi connectivity index (χ0n) is 12.0. The van der Waals surface area contributed by atoms with Gasteiger partial charge in [-0.3, -0.25) is 0 Å². The van der Waals surface area contributed by atoms with Crippen molar-refractivity contribution in [1.82, 2.24) is 4.98 Å². The Balaban J connectivity index is 2.12. The van der Waals surface area contributed by atoms with Gasteiger partial charge in [0.15, 0.2) is 0 Å². The number of halogens is 2. The molecule has 0 bridgehead atoms. The molecule has 0 saturated carbocycles. The van der Waals surface area contributed by atoms with E-state index in [-0.39, 0.29) is 6.10 Å². The second kappa shape index (κ2) is 7.34. The third-order valence-electron chi connectivity index (χ3n) is 3.32. The highest BCUT2D eigenvalue weighted by atomic mass is 35.5. The summed E-state index contributed by atoms with van der Waals surface area (Å²) in [5.41, 5.74) is 0. The van der Waals surface area contributed by atoms with Crippen molar-refractivity contribution in [3.05, 3.63) is 16.1 Å². The van der Waals surface area contributed by atoms with E-state index >= 15 is 0 Å². The van der Waals surface area contributed by atoms with Crippen LogP contribution in [0.2, 0.25) is 10.0 Å². The molecule has 1 N–H and O–H groups in total. The molecule has 2 rings (SSSR count). The van der Waals surface area contributed by atoms with E-state index in [1.165, 1.54) is 0 Å². The number of pyridine rings is 1. The van der Waals surface area contributed by atoms with Crippen molar-refractivity contribution in [3.8, 4) is 0 Å². The summed E-state index contributed by atoms with van der Waals surface area (Å²) >= 11 is 12.4. The van der Waals surface area contributed by atoms with E-state index in [2.05, 4.69) is 17.2 Å². The van der Waals surface area contributed by atoms with Crippen LogP contribution in [0.4, 0.5) is 11.6 Å². The van der Waals surface area contributed by atoms with E-state index in [1.807, 2.05) is 11.9 Å². The molecule has 0 amide bonds. The Morgan fingerprint density at radius 1 is 1.45 bits per heavy atom. The highest BCUT2D eigenvalue weighted by molar-refractivity contribution is 6.37. The molecule has 1 atom stereocenters. The molecule has 6 heteroatoms. The SMILES string of the molecule is CCCNc1nc(N(C)CC2CCCO2)c(Cl)cc1Cl. The van der Waals surface area contributed by atoms with E-state index in [4.69, 9.17) is 27.9 Å². The van der Waals surface area contributed by atoms with Gasteiger partial charge in [0.05, 0.1) is 16.1 Å². The summed E-state index contributed by atoms with van der Waals surface area (Å²) in [4.78, 5) is 6.58. The Bertz CT molecular complexity index is 450. The lowest BCUT2D eigenvalue weighted by Gasteiger charge is -2.23. The Morgan fingerprint density at radius 3 is 2.90 bits per heavy atom. The van der Waals surface area contributed by atoms with Gasteiger partial charge < -0.3 is 15.0 Å². The van der Waals surface area contributed by atoms with Crippen molar-refractivity contribution in [2.75, 3.05) is 37.0 Å². The lowest BCUT2D eigenvalue weighted by Crippen LogP contribution is -2.29. The van der Waals surface area contributed by atoms with Crippen molar-refractivity contribution in [3.63, 3.8) is 0 Å². The van der Waals surface area contributed by atoms with Crippen LogP contribution >= 0.6 is 23.2 Å². The molecule has 0 aromatic carbocycles. The Morgan fingerprint density at radius 2 is 2.25 bits per heavy atom. The monoisotopic (exact) mass is 317 g/mol. The molecule has 4 nitrogen and oxygen atoms in total. The first-order chi connectivity index (χ1) is 9.61. The molecule has 0 radical (unpaired) electrons. The first-order valence-electron chi connectivity index (χ1n) is 7.04. The van der Waals surface area contributed by atoms with Crippen molar-refractivity contribution >= 4 is 34.8 Å². The van der Waals surface area contributed by atoms with Gasteiger partial charge in [-0.1, -0.05) is 30.1 Å². The molecule has 0 spiro atoms. The number of nitrogens with one attached hydrogen (secondary N) is 1. The van der Waals surface area contributed by atoms with Crippen LogP contribution in [0.3, 0.4) is 0 Å². The maximum absolute atomic E-state index is 6.26. The predicted octanol–water partition coefficient (Wildman–Crippen LogP) is 3.83. The Hall–Kier alpha value is -0.710. The van der Waals surface area contributed by atoms with Gasteiger partial charge in [0.1, 0.15) is 11.6 Å². The zero-order valence-corrected chi connectivity index (χ0v) is 13.5. The first kappa shape index (κ1) is 15.7. The average molecular weight is 318 g/mol. The van der Waals surface area contributed by atoms with Gasteiger partial charge in [0.2, 0.25) is 0 Å².